The van der Waals surface area contributed by atoms with Crippen LogP contribution in [0.15, 0.2) is 30.5 Å². The fourth-order valence-electron chi connectivity index (χ4n) is 4.18. The summed E-state index contributed by atoms with van der Waals surface area (Å²) >= 11 is 6.08. The maximum atomic E-state index is 12.5. The van der Waals surface area contributed by atoms with Gasteiger partial charge in [0.15, 0.2) is 0 Å². The van der Waals surface area contributed by atoms with Gasteiger partial charge in [0.25, 0.3) is 5.91 Å². The summed E-state index contributed by atoms with van der Waals surface area (Å²) in [5.41, 5.74) is 3.59. The molecular weight excluding hydrogens is 360 g/mol. The van der Waals surface area contributed by atoms with Crippen molar-refractivity contribution in [1.29, 1.82) is 0 Å². The number of amides is 1. The molecule has 5 nitrogen and oxygen atoms in total. The molecule has 6 heteroatoms. The molecule has 0 unspecified atom stereocenters. The lowest BCUT2D eigenvalue weighted by molar-refractivity contribution is 0.0898. The first-order chi connectivity index (χ1) is 13.0. The molecule has 2 heterocycles. The Labute approximate surface area is 165 Å². The number of nitrogens with zero attached hydrogens (tertiary/aromatic N) is 3. The summed E-state index contributed by atoms with van der Waals surface area (Å²) in [6, 6.07) is 9.25. The van der Waals surface area contributed by atoms with Crippen LogP contribution >= 0.6 is 11.6 Å². The largest absolute Gasteiger partial charge is 0.348 e. The number of aryl methyl sites for hydroxylation is 2. The number of hydrogen-bond donors (Lipinski definition) is 1. The average molecular weight is 387 g/mol. The van der Waals surface area contributed by atoms with E-state index in [1.807, 2.05) is 0 Å². The van der Waals surface area contributed by atoms with Crippen LogP contribution in [0, 0.1) is 6.92 Å². The van der Waals surface area contributed by atoms with Crippen LogP contribution in [0.2, 0.25) is 5.02 Å². The molecule has 1 saturated carbocycles. The van der Waals surface area contributed by atoms with Gasteiger partial charge in [0.1, 0.15) is 5.69 Å². The van der Waals surface area contributed by atoms with Crippen molar-refractivity contribution in [2.24, 2.45) is 7.05 Å². The Hall–Kier alpha value is -1.85. The van der Waals surface area contributed by atoms with Gasteiger partial charge >= 0.3 is 0 Å². The number of hydrogen-bond acceptors (Lipinski definition) is 3. The SMILES string of the molecule is Cc1ccc(C2(CN3CCC(NC(=O)c4c(Cl)cnn4C)CC3)CC2)cc1. The van der Waals surface area contributed by atoms with E-state index >= 15 is 0 Å². The minimum atomic E-state index is -0.128. The molecule has 1 aromatic carbocycles. The van der Waals surface area contributed by atoms with Crippen molar-refractivity contribution in [2.45, 2.75) is 44.1 Å². The lowest BCUT2D eigenvalue weighted by Gasteiger charge is -2.35. The number of likely N-dealkylation sites (tertiary alicyclic amines) is 1. The van der Waals surface area contributed by atoms with Crippen molar-refractivity contribution in [3.8, 4) is 0 Å². The van der Waals surface area contributed by atoms with E-state index < -0.39 is 0 Å². The van der Waals surface area contributed by atoms with Gasteiger partial charge in [-0.15, -0.1) is 0 Å². The molecule has 0 atom stereocenters. The molecule has 1 saturated heterocycles. The Morgan fingerprint density at radius 1 is 1.26 bits per heavy atom. The number of rotatable bonds is 5. The van der Waals surface area contributed by atoms with Gasteiger partial charge in [0.05, 0.1) is 11.2 Å². The predicted octanol–water partition coefficient (Wildman–Crippen LogP) is 3.31. The highest BCUT2D eigenvalue weighted by atomic mass is 35.5. The minimum absolute atomic E-state index is 0.128. The van der Waals surface area contributed by atoms with E-state index in [-0.39, 0.29) is 11.9 Å². The smallest absolute Gasteiger partial charge is 0.271 e. The highest BCUT2D eigenvalue weighted by Gasteiger charge is 2.45. The number of carbonyl (C=O) groups is 1. The zero-order valence-electron chi connectivity index (χ0n) is 16.0. The average Bonchev–Trinajstić information content (AvgIpc) is 3.35. The van der Waals surface area contributed by atoms with Crippen molar-refractivity contribution in [3.63, 3.8) is 0 Å². The summed E-state index contributed by atoms with van der Waals surface area (Å²) in [4.78, 5) is 15.0. The lowest BCUT2D eigenvalue weighted by atomic mass is 9.93. The molecule has 2 aliphatic rings. The van der Waals surface area contributed by atoms with Crippen molar-refractivity contribution in [2.75, 3.05) is 19.6 Å². The first-order valence-electron chi connectivity index (χ1n) is 9.75. The Morgan fingerprint density at radius 3 is 2.48 bits per heavy atom. The van der Waals surface area contributed by atoms with E-state index in [4.69, 9.17) is 11.6 Å². The summed E-state index contributed by atoms with van der Waals surface area (Å²) < 4.78 is 1.53. The zero-order valence-corrected chi connectivity index (χ0v) is 16.8. The lowest BCUT2D eigenvalue weighted by Crippen LogP contribution is -2.46. The normalized spacial score (nSPS) is 19.8. The van der Waals surface area contributed by atoms with Crippen LogP contribution in [0.3, 0.4) is 0 Å². The van der Waals surface area contributed by atoms with E-state index in [1.54, 1.807) is 7.05 Å². The molecule has 1 amide bonds. The second kappa shape index (κ2) is 7.28. The van der Waals surface area contributed by atoms with Gasteiger partial charge in [0.2, 0.25) is 0 Å². The zero-order chi connectivity index (χ0) is 19.0. The van der Waals surface area contributed by atoms with Crippen LogP contribution in [0.5, 0.6) is 0 Å². The number of nitrogens with one attached hydrogen (secondary N) is 1. The van der Waals surface area contributed by atoms with Crippen LogP contribution in [0.4, 0.5) is 0 Å². The van der Waals surface area contributed by atoms with E-state index in [0.717, 1.165) is 32.5 Å². The fourth-order valence-corrected chi connectivity index (χ4v) is 4.43. The number of benzene rings is 1. The quantitative estimate of drug-likeness (QED) is 0.857. The van der Waals surface area contributed by atoms with Crippen molar-refractivity contribution >= 4 is 17.5 Å². The standard InChI is InChI=1S/C21H27ClN4O/c1-15-3-5-16(6-4-15)21(9-10-21)14-26-11-7-17(8-12-26)24-20(27)19-18(22)13-23-25(19)2/h3-6,13,17H,7-12,14H2,1-2H3,(H,24,27). The van der Waals surface area contributed by atoms with Crippen LogP contribution in [0.25, 0.3) is 0 Å². The Kier molecular flexibility index (Phi) is 4.99. The van der Waals surface area contributed by atoms with Gasteiger partial charge < -0.3 is 10.2 Å². The Morgan fingerprint density at radius 2 is 1.93 bits per heavy atom. The van der Waals surface area contributed by atoms with Gasteiger partial charge in [-0.1, -0.05) is 41.4 Å². The topological polar surface area (TPSA) is 50.2 Å². The summed E-state index contributed by atoms with van der Waals surface area (Å²) in [5, 5.41) is 7.57. The molecule has 27 heavy (non-hydrogen) atoms. The molecule has 0 radical (unpaired) electrons. The monoisotopic (exact) mass is 386 g/mol. The molecule has 2 aromatic rings. The highest BCUT2D eigenvalue weighted by Crippen LogP contribution is 2.49. The molecule has 4 rings (SSSR count). The molecule has 1 aliphatic carbocycles. The number of piperidine rings is 1. The highest BCUT2D eigenvalue weighted by molar-refractivity contribution is 6.33. The number of halogens is 1. The molecule has 0 spiro atoms. The Balaban J connectivity index is 1.30. The van der Waals surface area contributed by atoms with Crippen LogP contribution < -0.4 is 5.32 Å². The van der Waals surface area contributed by atoms with E-state index in [9.17, 15) is 4.79 Å². The summed E-state index contributed by atoms with van der Waals surface area (Å²) in [6.45, 7) is 5.32. The first-order valence-corrected chi connectivity index (χ1v) is 10.1. The second-order valence-corrected chi connectivity index (χ2v) is 8.54. The number of carbonyl (C=O) groups excluding carboxylic acids is 1. The second-order valence-electron chi connectivity index (χ2n) is 8.13. The van der Waals surface area contributed by atoms with Gasteiger partial charge in [-0.05, 0) is 38.2 Å². The van der Waals surface area contributed by atoms with Gasteiger partial charge in [-0.3, -0.25) is 9.48 Å². The van der Waals surface area contributed by atoms with E-state index in [0.29, 0.717) is 16.1 Å². The molecule has 1 aliphatic heterocycles. The summed E-state index contributed by atoms with van der Waals surface area (Å²) in [7, 11) is 1.74. The first kappa shape index (κ1) is 18.5. The van der Waals surface area contributed by atoms with Crippen LogP contribution in [-0.2, 0) is 12.5 Å². The fraction of sp³-hybridized carbons (Fsp3) is 0.524. The molecular formula is C21H27ClN4O. The molecule has 1 N–H and O–H groups in total. The third-order valence-corrected chi connectivity index (χ3v) is 6.35. The summed E-state index contributed by atoms with van der Waals surface area (Å²) in [6.07, 6.45) is 6.03. The van der Waals surface area contributed by atoms with Gasteiger partial charge in [-0.25, -0.2) is 0 Å². The maximum absolute atomic E-state index is 12.5. The third kappa shape index (κ3) is 3.90. The van der Waals surface area contributed by atoms with E-state index in [1.165, 1.54) is 34.8 Å². The Bertz CT molecular complexity index is 798. The summed E-state index contributed by atoms with van der Waals surface area (Å²) in [5.74, 6) is -0.128. The van der Waals surface area contributed by atoms with Gasteiger partial charge in [-0.2, -0.15) is 5.10 Å². The maximum Gasteiger partial charge on any atom is 0.271 e. The van der Waals surface area contributed by atoms with Crippen LogP contribution in [0.1, 0.15) is 47.3 Å². The third-order valence-electron chi connectivity index (χ3n) is 6.08. The molecule has 1 aromatic heterocycles. The van der Waals surface area contributed by atoms with Crippen molar-refractivity contribution in [3.05, 3.63) is 52.3 Å². The van der Waals surface area contributed by atoms with E-state index in [2.05, 4.69) is 46.5 Å². The number of aromatic nitrogens is 2. The molecule has 144 valence electrons. The predicted molar refractivity (Wildman–Crippen MR) is 107 cm³/mol. The van der Waals surface area contributed by atoms with Crippen molar-refractivity contribution in [1.82, 2.24) is 20.0 Å². The molecule has 2 fully saturated rings. The molecule has 0 bridgehead atoms. The van der Waals surface area contributed by atoms with Gasteiger partial charge in [0, 0.05) is 38.1 Å². The van der Waals surface area contributed by atoms with Crippen LogP contribution in [-0.4, -0.2) is 46.3 Å². The minimum Gasteiger partial charge on any atom is -0.348 e. The van der Waals surface area contributed by atoms with Crippen molar-refractivity contribution < 1.29 is 4.79 Å².